The van der Waals surface area contributed by atoms with Crippen LogP contribution >= 0.6 is 0 Å². The third-order valence-corrected chi connectivity index (χ3v) is 6.22. The van der Waals surface area contributed by atoms with E-state index in [1.165, 1.54) is 0 Å². The molecule has 9 nitrogen and oxygen atoms in total. The first-order valence-corrected chi connectivity index (χ1v) is 11.3. The highest BCUT2D eigenvalue weighted by Gasteiger charge is 2.28. The van der Waals surface area contributed by atoms with E-state index < -0.39 is 5.97 Å². The number of esters is 1. The van der Waals surface area contributed by atoms with Crippen LogP contribution in [0.4, 0.5) is 5.82 Å². The van der Waals surface area contributed by atoms with Gasteiger partial charge in [-0.15, -0.1) is 0 Å². The molecule has 1 aromatic heterocycles. The zero-order valence-corrected chi connectivity index (χ0v) is 19.5. The SMILES string of the molecule is CCOC(=O)c1nc2cc(C)c(C)cc2nc1N1CCN(C(=O)c2ccc3c(c2)OCO3)CC1. The van der Waals surface area contributed by atoms with Crippen molar-refractivity contribution in [1.82, 2.24) is 14.9 Å². The lowest BCUT2D eigenvalue weighted by Crippen LogP contribution is -2.49. The maximum atomic E-state index is 13.1. The number of carbonyl (C=O) groups excluding carboxylic acids is 2. The smallest absolute Gasteiger partial charge is 0.360 e. The maximum absolute atomic E-state index is 13.1. The van der Waals surface area contributed by atoms with Crippen molar-refractivity contribution in [3.63, 3.8) is 0 Å². The number of piperazine rings is 1. The number of rotatable bonds is 4. The van der Waals surface area contributed by atoms with Gasteiger partial charge in [-0.05, 0) is 62.2 Å². The first kappa shape index (κ1) is 21.9. The average Bonchev–Trinajstić information content (AvgIpc) is 3.32. The zero-order chi connectivity index (χ0) is 23.8. The number of amides is 1. The molecule has 2 aromatic carbocycles. The highest BCUT2D eigenvalue weighted by atomic mass is 16.7. The van der Waals surface area contributed by atoms with Gasteiger partial charge in [0.25, 0.3) is 5.91 Å². The molecule has 0 spiro atoms. The Hall–Kier alpha value is -3.88. The van der Waals surface area contributed by atoms with Gasteiger partial charge in [0.2, 0.25) is 6.79 Å². The molecule has 1 amide bonds. The van der Waals surface area contributed by atoms with E-state index in [0.717, 1.165) is 16.6 Å². The molecule has 3 aromatic rings. The minimum absolute atomic E-state index is 0.0701. The lowest BCUT2D eigenvalue weighted by Gasteiger charge is -2.36. The van der Waals surface area contributed by atoms with Crippen molar-refractivity contribution in [3.8, 4) is 11.5 Å². The first-order chi connectivity index (χ1) is 16.4. The van der Waals surface area contributed by atoms with Crippen LogP contribution < -0.4 is 14.4 Å². The van der Waals surface area contributed by atoms with Crippen LogP contribution in [0.25, 0.3) is 11.0 Å². The summed E-state index contributed by atoms with van der Waals surface area (Å²) < 4.78 is 16.0. The zero-order valence-electron chi connectivity index (χ0n) is 19.5. The van der Waals surface area contributed by atoms with Gasteiger partial charge in [0.05, 0.1) is 17.6 Å². The fourth-order valence-corrected chi connectivity index (χ4v) is 4.19. The monoisotopic (exact) mass is 462 g/mol. The molecule has 0 N–H and O–H groups in total. The molecule has 9 heteroatoms. The van der Waals surface area contributed by atoms with Crippen LogP contribution in [-0.4, -0.2) is 66.3 Å². The van der Waals surface area contributed by atoms with Crippen LogP contribution in [0.3, 0.4) is 0 Å². The molecule has 1 saturated heterocycles. The third-order valence-electron chi connectivity index (χ3n) is 6.22. The summed E-state index contributed by atoms with van der Waals surface area (Å²) in [5.74, 6) is 1.15. The second-order valence-electron chi connectivity index (χ2n) is 8.39. The standard InChI is InChI=1S/C25H26N4O5/c1-4-32-25(31)22-23(27-19-12-16(3)15(2)11-18(19)26-22)28-7-9-29(10-8-28)24(30)17-5-6-20-21(13-17)34-14-33-20/h5-6,11-13H,4,7-10,14H2,1-3H3. The topological polar surface area (TPSA) is 94.1 Å². The van der Waals surface area contributed by atoms with Crippen LogP contribution in [0.2, 0.25) is 0 Å². The van der Waals surface area contributed by atoms with Crippen molar-refractivity contribution >= 4 is 28.7 Å². The second kappa shape index (κ2) is 8.81. The Balaban J connectivity index is 1.39. The molecule has 3 heterocycles. The number of benzene rings is 2. The lowest BCUT2D eigenvalue weighted by molar-refractivity contribution is 0.0519. The Bertz CT molecular complexity index is 1280. The van der Waals surface area contributed by atoms with Gasteiger partial charge in [0.15, 0.2) is 23.0 Å². The summed E-state index contributed by atoms with van der Waals surface area (Å²) in [6.07, 6.45) is 0. The quantitative estimate of drug-likeness (QED) is 0.546. The number of aryl methyl sites for hydroxylation is 2. The number of ether oxygens (including phenoxy) is 3. The molecular formula is C25H26N4O5. The van der Waals surface area contributed by atoms with Gasteiger partial charge < -0.3 is 24.0 Å². The van der Waals surface area contributed by atoms with Gasteiger partial charge in [-0.25, -0.2) is 14.8 Å². The Kier molecular flexibility index (Phi) is 5.69. The normalized spacial score (nSPS) is 15.0. The predicted molar refractivity (Wildman–Crippen MR) is 126 cm³/mol. The van der Waals surface area contributed by atoms with Crippen molar-refractivity contribution in [2.45, 2.75) is 20.8 Å². The summed E-state index contributed by atoms with van der Waals surface area (Å²) in [5.41, 5.74) is 4.33. The van der Waals surface area contributed by atoms with Gasteiger partial charge >= 0.3 is 5.97 Å². The Morgan fingerprint density at radius 3 is 2.32 bits per heavy atom. The van der Waals surface area contributed by atoms with E-state index in [9.17, 15) is 9.59 Å². The van der Waals surface area contributed by atoms with E-state index in [0.29, 0.717) is 54.6 Å². The molecule has 1 fully saturated rings. The molecule has 2 aliphatic heterocycles. The first-order valence-electron chi connectivity index (χ1n) is 11.3. The summed E-state index contributed by atoms with van der Waals surface area (Å²) in [4.78, 5) is 39.0. The van der Waals surface area contributed by atoms with E-state index >= 15 is 0 Å². The van der Waals surface area contributed by atoms with Crippen molar-refractivity contribution in [3.05, 3.63) is 52.7 Å². The minimum atomic E-state index is -0.496. The lowest BCUT2D eigenvalue weighted by atomic mass is 10.1. The molecule has 0 atom stereocenters. The minimum Gasteiger partial charge on any atom is -0.461 e. The molecule has 34 heavy (non-hydrogen) atoms. The summed E-state index contributed by atoms with van der Waals surface area (Å²) in [7, 11) is 0. The molecule has 0 radical (unpaired) electrons. The van der Waals surface area contributed by atoms with Gasteiger partial charge in [0, 0.05) is 31.7 Å². The molecule has 0 aliphatic carbocycles. The number of hydrogen-bond acceptors (Lipinski definition) is 8. The molecule has 2 aliphatic rings. The van der Waals surface area contributed by atoms with Crippen LogP contribution in [0.15, 0.2) is 30.3 Å². The van der Waals surface area contributed by atoms with E-state index in [2.05, 4.69) is 4.98 Å². The number of nitrogens with zero attached hydrogens (tertiary/aromatic N) is 4. The van der Waals surface area contributed by atoms with E-state index in [1.807, 2.05) is 30.9 Å². The summed E-state index contributed by atoms with van der Waals surface area (Å²) in [6, 6.07) is 9.14. The van der Waals surface area contributed by atoms with Crippen molar-refractivity contribution in [2.75, 3.05) is 44.5 Å². The number of hydrogen-bond donors (Lipinski definition) is 0. The number of carbonyl (C=O) groups is 2. The average molecular weight is 463 g/mol. The van der Waals surface area contributed by atoms with Crippen LogP contribution in [0.5, 0.6) is 11.5 Å². The van der Waals surface area contributed by atoms with E-state index in [4.69, 9.17) is 19.2 Å². The molecule has 0 bridgehead atoms. The second-order valence-corrected chi connectivity index (χ2v) is 8.39. The molecular weight excluding hydrogens is 436 g/mol. The third kappa shape index (κ3) is 3.98. The van der Waals surface area contributed by atoms with E-state index in [-0.39, 0.29) is 25.0 Å². The highest BCUT2D eigenvalue weighted by molar-refractivity contribution is 5.96. The predicted octanol–water partition coefficient (Wildman–Crippen LogP) is 3.11. The fourth-order valence-electron chi connectivity index (χ4n) is 4.19. The molecule has 176 valence electrons. The van der Waals surface area contributed by atoms with Gasteiger partial charge in [-0.1, -0.05) is 0 Å². The van der Waals surface area contributed by atoms with E-state index in [1.54, 1.807) is 30.0 Å². The van der Waals surface area contributed by atoms with Crippen molar-refractivity contribution in [1.29, 1.82) is 0 Å². The van der Waals surface area contributed by atoms with Gasteiger partial charge in [0.1, 0.15) is 0 Å². The fraction of sp³-hybridized carbons (Fsp3) is 0.360. The molecule has 0 saturated carbocycles. The van der Waals surface area contributed by atoms with Crippen LogP contribution in [0, 0.1) is 13.8 Å². The van der Waals surface area contributed by atoms with Gasteiger partial charge in [-0.2, -0.15) is 0 Å². The Morgan fingerprint density at radius 2 is 1.62 bits per heavy atom. The van der Waals surface area contributed by atoms with Crippen LogP contribution in [0.1, 0.15) is 38.9 Å². The number of anilines is 1. The van der Waals surface area contributed by atoms with Crippen molar-refractivity contribution < 1.29 is 23.8 Å². The number of fused-ring (bicyclic) bond motifs is 2. The summed E-state index contributed by atoms with van der Waals surface area (Å²) in [6.45, 7) is 8.23. The van der Waals surface area contributed by atoms with Crippen molar-refractivity contribution in [2.24, 2.45) is 0 Å². The highest BCUT2D eigenvalue weighted by Crippen LogP contribution is 2.33. The maximum Gasteiger partial charge on any atom is 0.360 e. The Morgan fingerprint density at radius 1 is 0.941 bits per heavy atom. The summed E-state index contributed by atoms with van der Waals surface area (Å²) >= 11 is 0. The largest absolute Gasteiger partial charge is 0.461 e. The van der Waals surface area contributed by atoms with Gasteiger partial charge in [-0.3, -0.25) is 4.79 Å². The molecule has 5 rings (SSSR count). The number of aromatic nitrogens is 2. The molecule has 0 unspecified atom stereocenters. The Labute approximate surface area is 197 Å². The summed E-state index contributed by atoms with van der Waals surface area (Å²) in [5, 5.41) is 0. The van der Waals surface area contributed by atoms with Crippen LogP contribution in [-0.2, 0) is 4.74 Å².